The van der Waals surface area contributed by atoms with Crippen LogP contribution in [-0.2, 0) is 4.74 Å². The number of aromatic nitrogens is 2. The molecule has 0 bridgehead atoms. The molecule has 0 saturated carbocycles. The van der Waals surface area contributed by atoms with Gasteiger partial charge in [0, 0.05) is 30.5 Å². The molecule has 2 atom stereocenters. The topological polar surface area (TPSA) is 39.1 Å². The van der Waals surface area contributed by atoms with Gasteiger partial charge in [-0.25, -0.2) is 4.98 Å². The summed E-state index contributed by atoms with van der Waals surface area (Å²) in [6.07, 6.45) is 9.21. The predicted octanol–water partition coefficient (Wildman–Crippen LogP) is 2.09. The number of piperidine rings is 1. The van der Waals surface area contributed by atoms with Crippen LogP contribution in [0.25, 0.3) is 0 Å². The largest absolute Gasteiger partial charge is 0.378 e. The molecule has 0 aliphatic carbocycles. The maximum Gasteiger partial charge on any atom is 0.0950 e. The van der Waals surface area contributed by atoms with Crippen LogP contribution < -0.4 is 5.32 Å². The second kappa shape index (κ2) is 5.41. The van der Waals surface area contributed by atoms with Crippen molar-refractivity contribution in [3.05, 3.63) is 18.2 Å². The Labute approximate surface area is 109 Å². The van der Waals surface area contributed by atoms with Crippen molar-refractivity contribution < 1.29 is 4.74 Å². The first-order valence-corrected chi connectivity index (χ1v) is 7.18. The first-order valence-electron chi connectivity index (χ1n) is 7.18. The molecule has 3 rings (SSSR count). The van der Waals surface area contributed by atoms with E-state index in [1.807, 2.05) is 6.33 Å². The number of rotatable bonds is 2. The molecule has 18 heavy (non-hydrogen) atoms. The van der Waals surface area contributed by atoms with Crippen molar-refractivity contribution in [2.45, 2.75) is 50.7 Å². The highest BCUT2D eigenvalue weighted by molar-refractivity contribution is 5.09. The van der Waals surface area contributed by atoms with Gasteiger partial charge in [0.15, 0.2) is 0 Å². The van der Waals surface area contributed by atoms with E-state index in [1.54, 1.807) is 0 Å². The Morgan fingerprint density at radius 2 is 2.17 bits per heavy atom. The second-order valence-corrected chi connectivity index (χ2v) is 5.61. The van der Waals surface area contributed by atoms with Crippen molar-refractivity contribution in [3.8, 4) is 0 Å². The molecule has 4 nitrogen and oxygen atoms in total. The van der Waals surface area contributed by atoms with E-state index in [9.17, 15) is 0 Å². The summed E-state index contributed by atoms with van der Waals surface area (Å²) in [7, 11) is 0. The fourth-order valence-corrected chi connectivity index (χ4v) is 3.28. The van der Waals surface area contributed by atoms with Gasteiger partial charge in [-0.1, -0.05) is 0 Å². The highest BCUT2D eigenvalue weighted by Gasteiger charge is 2.25. The van der Waals surface area contributed by atoms with Gasteiger partial charge >= 0.3 is 0 Å². The summed E-state index contributed by atoms with van der Waals surface area (Å²) in [5, 5.41) is 3.43. The van der Waals surface area contributed by atoms with Crippen molar-refractivity contribution in [2.75, 3.05) is 19.7 Å². The molecule has 0 spiro atoms. The average Bonchev–Trinajstić information content (AvgIpc) is 2.89. The van der Waals surface area contributed by atoms with Gasteiger partial charge in [0.1, 0.15) is 0 Å². The van der Waals surface area contributed by atoms with Crippen LogP contribution in [-0.4, -0.2) is 35.4 Å². The normalized spacial score (nSPS) is 30.5. The molecule has 1 aromatic heterocycles. The lowest BCUT2D eigenvalue weighted by atomic mass is 9.94. The number of ether oxygens (including phenoxy) is 1. The Balaban J connectivity index is 1.77. The molecule has 4 heteroatoms. The summed E-state index contributed by atoms with van der Waals surface area (Å²) in [5.74, 6) is 0.687. The van der Waals surface area contributed by atoms with Gasteiger partial charge in [0.05, 0.1) is 12.4 Å². The molecule has 0 amide bonds. The van der Waals surface area contributed by atoms with Crippen LogP contribution >= 0.6 is 0 Å². The molecule has 3 heterocycles. The summed E-state index contributed by atoms with van der Waals surface area (Å²) in [6, 6.07) is 0.584. The summed E-state index contributed by atoms with van der Waals surface area (Å²) in [6.45, 7) is 5.34. The molecule has 2 unspecified atom stereocenters. The maximum atomic E-state index is 5.65. The fraction of sp³-hybridized carbons (Fsp3) is 0.786. The number of hydrogen-bond donors (Lipinski definition) is 1. The molecular weight excluding hydrogens is 226 g/mol. The van der Waals surface area contributed by atoms with Crippen molar-refractivity contribution in [1.29, 1.82) is 0 Å². The van der Waals surface area contributed by atoms with Gasteiger partial charge in [-0.3, -0.25) is 0 Å². The van der Waals surface area contributed by atoms with Crippen molar-refractivity contribution in [3.63, 3.8) is 0 Å². The average molecular weight is 249 g/mol. The maximum absolute atomic E-state index is 5.65. The summed E-state index contributed by atoms with van der Waals surface area (Å²) in [5.41, 5.74) is 1.44. The molecular formula is C14H23N3O. The number of nitrogens with zero attached hydrogens (tertiary/aromatic N) is 2. The van der Waals surface area contributed by atoms with Gasteiger partial charge in [-0.2, -0.15) is 0 Å². The minimum atomic E-state index is 0.382. The SMILES string of the molecule is CC1CC(n2cncc2C2CCNCC2)CCO1. The van der Waals surface area contributed by atoms with E-state index in [-0.39, 0.29) is 0 Å². The quantitative estimate of drug-likeness (QED) is 0.872. The highest BCUT2D eigenvalue weighted by Crippen LogP contribution is 2.31. The number of hydrogen-bond acceptors (Lipinski definition) is 3. The van der Waals surface area contributed by atoms with Gasteiger partial charge in [-0.15, -0.1) is 0 Å². The van der Waals surface area contributed by atoms with Crippen LogP contribution in [0.1, 0.15) is 50.3 Å². The van der Waals surface area contributed by atoms with Gasteiger partial charge in [0.2, 0.25) is 0 Å². The molecule has 0 radical (unpaired) electrons. The third-order valence-electron chi connectivity index (χ3n) is 4.30. The lowest BCUT2D eigenvalue weighted by Gasteiger charge is -2.31. The van der Waals surface area contributed by atoms with Crippen LogP contribution in [0, 0.1) is 0 Å². The molecule has 1 N–H and O–H groups in total. The number of imidazole rings is 1. The lowest BCUT2D eigenvalue weighted by Crippen LogP contribution is -2.30. The Bertz CT molecular complexity index is 384. The molecule has 2 saturated heterocycles. The van der Waals surface area contributed by atoms with E-state index in [1.165, 1.54) is 18.5 Å². The first-order chi connectivity index (χ1) is 8.84. The zero-order valence-electron chi connectivity index (χ0n) is 11.1. The minimum absolute atomic E-state index is 0.382. The van der Waals surface area contributed by atoms with Crippen molar-refractivity contribution in [2.24, 2.45) is 0 Å². The molecule has 100 valence electrons. The highest BCUT2D eigenvalue weighted by atomic mass is 16.5. The molecule has 0 aromatic carbocycles. The Hall–Kier alpha value is -0.870. The van der Waals surface area contributed by atoms with Crippen LogP contribution in [0.2, 0.25) is 0 Å². The summed E-state index contributed by atoms with van der Waals surface area (Å²) in [4.78, 5) is 4.40. The lowest BCUT2D eigenvalue weighted by molar-refractivity contribution is 0.00520. The monoisotopic (exact) mass is 249 g/mol. The Morgan fingerprint density at radius 1 is 1.33 bits per heavy atom. The third kappa shape index (κ3) is 2.45. The van der Waals surface area contributed by atoms with Gasteiger partial charge in [0.25, 0.3) is 0 Å². The second-order valence-electron chi connectivity index (χ2n) is 5.61. The Morgan fingerprint density at radius 3 is 2.94 bits per heavy atom. The van der Waals surface area contributed by atoms with E-state index in [0.29, 0.717) is 18.1 Å². The predicted molar refractivity (Wildman–Crippen MR) is 70.8 cm³/mol. The van der Waals surface area contributed by atoms with E-state index in [2.05, 4.69) is 28.0 Å². The molecule has 2 aliphatic heterocycles. The summed E-state index contributed by atoms with van der Waals surface area (Å²) >= 11 is 0. The number of nitrogens with one attached hydrogen (secondary N) is 1. The molecule has 2 aliphatic rings. The van der Waals surface area contributed by atoms with E-state index >= 15 is 0 Å². The van der Waals surface area contributed by atoms with E-state index < -0.39 is 0 Å². The zero-order valence-corrected chi connectivity index (χ0v) is 11.1. The van der Waals surface area contributed by atoms with Crippen LogP contribution in [0.15, 0.2) is 12.5 Å². The first kappa shape index (κ1) is 12.2. The Kier molecular flexibility index (Phi) is 3.66. The molecule has 1 aromatic rings. The zero-order chi connectivity index (χ0) is 12.4. The van der Waals surface area contributed by atoms with E-state index in [4.69, 9.17) is 4.74 Å². The summed E-state index contributed by atoms with van der Waals surface area (Å²) < 4.78 is 8.07. The van der Waals surface area contributed by atoms with Crippen molar-refractivity contribution >= 4 is 0 Å². The van der Waals surface area contributed by atoms with Crippen LogP contribution in [0.5, 0.6) is 0 Å². The van der Waals surface area contributed by atoms with Gasteiger partial charge < -0.3 is 14.6 Å². The van der Waals surface area contributed by atoms with Crippen molar-refractivity contribution in [1.82, 2.24) is 14.9 Å². The van der Waals surface area contributed by atoms with Crippen LogP contribution in [0.3, 0.4) is 0 Å². The van der Waals surface area contributed by atoms with Gasteiger partial charge in [-0.05, 0) is 45.7 Å². The fourth-order valence-electron chi connectivity index (χ4n) is 3.28. The van der Waals surface area contributed by atoms with Crippen LogP contribution in [0.4, 0.5) is 0 Å². The standard InChI is InChI=1S/C14H23N3O/c1-11-8-13(4-7-18-11)17-10-16-9-14(17)12-2-5-15-6-3-12/h9-13,15H,2-8H2,1H3. The third-order valence-corrected chi connectivity index (χ3v) is 4.30. The minimum Gasteiger partial charge on any atom is -0.378 e. The smallest absolute Gasteiger partial charge is 0.0950 e. The van der Waals surface area contributed by atoms with E-state index in [0.717, 1.165) is 32.5 Å². The molecule has 2 fully saturated rings.